The average molecular weight is 247 g/mol. The number of carbonyl (C=O) groups is 1. The SMILES string of the molecule is Cn1cc(CCOc2ccc(C(=O)O)nc2)cn1. The van der Waals surface area contributed by atoms with Gasteiger partial charge in [0.2, 0.25) is 0 Å². The standard InChI is InChI=1S/C12H13N3O3/c1-15-8-9(6-14-15)4-5-18-10-2-3-11(12(16)17)13-7-10/h2-3,6-8H,4-5H2,1H3,(H,16,17). The molecule has 2 aromatic heterocycles. The molecule has 0 spiro atoms. The maximum absolute atomic E-state index is 10.6. The summed E-state index contributed by atoms with van der Waals surface area (Å²) in [5.74, 6) is -0.485. The van der Waals surface area contributed by atoms with E-state index >= 15 is 0 Å². The summed E-state index contributed by atoms with van der Waals surface area (Å²) in [5, 5.41) is 12.7. The minimum Gasteiger partial charge on any atom is -0.492 e. The van der Waals surface area contributed by atoms with Crippen LogP contribution >= 0.6 is 0 Å². The molecule has 0 bridgehead atoms. The van der Waals surface area contributed by atoms with Crippen molar-refractivity contribution in [1.29, 1.82) is 0 Å². The van der Waals surface area contributed by atoms with Crippen LogP contribution in [0.4, 0.5) is 0 Å². The van der Waals surface area contributed by atoms with Gasteiger partial charge >= 0.3 is 5.97 Å². The zero-order chi connectivity index (χ0) is 13.0. The summed E-state index contributed by atoms with van der Waals surface area (Å²) >= 11 is 0. The molecule has 0 saturated heterocycles. The van der Waals surface area contributed by atoms with Gasteiger partial charge < -0.3 is 9.84 Å². The Balaban J connectivity index is 1.85. The topological polar surface area (TPSA) is 77.2 Å². The van der Waals surface area contributed by atoms with E-state index in [1.54, 1.807) is 16.9 Å². The van der Waals surface area contributed by atoms with Crippen LogP contribution < -0.4 is 4.74 Å². The molecule has 2 aromatic rings. The normalized spacial score (nSPS) is 10.3. The first-order chi connectivity index (χ1) is 8.65. The Kier molecular flexibility index (Phi) is 3.57. The Morgan fingerprint density at radius 2 is 2.28 bits per heavy atom. The van der Waals surface area contributed by atoms with Gasteiger partial charge in [0.1, 0.15) is 11.4 Å². The van der Waals surface area contributed by atoms with Gasteiger partial charge in [-0.1, -0.05) is 0 Å². The molecule has 0 aromatic carbocycles. The molecular formula is C12H13N3O3. The molecular weight excluding hydrogens is 234 g/mol. The Bertz CT molecular complexity index is 534. The van der Waals surface area contributed by atoms with E-state index in [0.717, 1.165) is 12.0 Å². The fourth-order valence-electron chi connectivity index (χ4n) is 1.48. The van der Waals surface area contributed by atoms with E-state index < -0.39 is 5.97 Å². The molecule has 0 radical (unpaired) electrons. The average Bonchev–Trinajstić information content (AvgIpc) is 2.76. The van der Waals surface area contributed by atoms with Gasteiger partial charge in [-0.05, 0) is 17.7 Å². The second-order valence-electron chi connectivity index (χ2n) is 3.81. The van der Waals surface area contributed by atoms with Gasteiger partial charge in [0.25, 0.3) is 0 Å². The second-order valence-corrected chi connectivity index (χ2v) is 3.81. The highest BCUT2D eigenvalue weighted by Gasteiger charge is 2.04. The highest BCUT2D eigenvalue weighted by molar-refractivity contribution is 5.85. The number of nitrogens with zero attached hydrogens (tertiary/aromatic N) is 3. The zero-order valence-electron chi connectivity index (χ0n) is 9.91. The molecule has 6 nitrogen and oxygen atoms in total. The third-order valence-corrected chi connectivity index (χ3v) is 2.37. The van der Waals surface area contributed by atoms with Gasteiger partial charge in [-0.15, -0.1) is 0 Å². The maximum atomic E-state index is 10.6. The number of pyridine rings is 1. The van der Waals surface area contributed by atoms with Gasteiger partial charge in [-0.25, -0.2) is 9.78 Å². The Morgan fingerprint density at radius 1 is 1.44 bits per heavy atom. The van der Waals surface area contributed by atoms with E-state index in [2.05, 4.69) is 10.1 Å². The van der Waals surface area contributed by atoms with Gasteiger partial charge in [0.05, 0.1) is 19.0 Å². The van der Waals surface area contributed by atoms with Crippen molar-refractivity contribution in [2.24, 2.45) is 7.05 Å². The van der Waals surface area contributed by atoms with Crippen LogP contribution in [0.25, 0.3) is 0 Å². The van der Waals surface area contributed by atoms with Crippen molar-refractivity contribution >= 4 is 5.97 Å². The lowest BCUT2D eigenvalue weighted by atomic mass is 10.3. The third kappa shape index (κ3) is 3.07. The fraction of sp³-hybridized carbons (Fsp3) is 0.250. The summed E-state index contributed by atoms with van der Waals surface area (Å²) < 4.78 is 7.20. The minimum absolute atomic E-state index is 0.00890. The van der Waals surface area contributed by atoms with Crippen LogP contribution in [0.3, 0.4) is 0 Å². The highest BCUT2D eigenvalue weighted by atomic mass is 16.5. The number of ether oxygens (including phenoxy) is 1. The van der Waals surface area contributed by atoms with Crippen LogP contribution in [0.1, 0.15) is 16.1 Å². The maximum Gasteiger partial charge on any atom is 0.354 e. The summed E-state index contributed by atoms with van der Waals surface area (Å²) in [6.07, 6.45) is 5.87. The van der Waals surface area contributed by atoms with E-state index in [0.29, 0.717) is 12.4 Å². The number of rotatable bonds is 5. The number of aryl methyl sites for hydroxylation is 1. The number of carboxylic acid groups (broad SMARTS) is 1. The number of hydrogen-bond donors (Lipinski definition) is 1. The lowest BCUT2D eigenvalue weighted by Crippen LogP contribution is -2.03. The minimum atomic E-state index is -1.04. The smallest absolute Gasteiger partial charge is 0.354 e. The first-order valence-electron chi connectivity index (χ1n) is 5.45. The van der Waals surface area contributed by atoms with Crippen LogP contribution in [0.15, 0.2) is 30.7 Å². The predicted octanol–water partition coefficient (Wildman–Crippen LogP) is 1.13. The summed E-state index contributed by atoms with van der Waals surface area (Å²) in [6, 6.07) is 3.02. The molecule has 1 N–H and O–H groups in total. The third-order valence-electron chi connectivity index (χ3n) is 2.37. The van der Waals surface area contributed by atoms with E-state index in [-0.39, 0.29) is 5.69 Å². The van der Waals surface area contributed by atoms with Crippen molar-refractivity contribution in [2.75, 3.05) is 6.61 Å². The molecule has 0 atom stereocenters. The summed E-state index contributed by atoms with van der Waals surface area (Å²) in [6.45, 7) is 0.500. The van der Waals surface area contributed by atoms with Crippen LogP contribution in [0.2, 0.25) is 0 Å². The van der Waals surface area contributed by atoms with Crippen molar-refractivity contribution in [3.63, 3.8) is 0 Å². The van der Waals surface area contributed by atoms with Gasteiger partial charge in [0, 0.05) is 19.7 Å². The van der Waals surface area contributed by atoms with Crippen molar-refractivity contribution < 1.29 is 14.6 Å². The Morgan fingerprint density at radius 3 is 2.83 bits per heavy atom. The molecule has 6 heteroatoms. The van der Waals surface area contributed by atoms with E-state index in [1.807, 2.05) is 13.2 Å². The molecule has 0 aliphatic heterocycles. The van der Waals surface area contributed by atoms with Crippen LogP contribution in [0, 0.1) is 0 Å². The summed E-state index contributed by atoms with van der Waals surface area (Å²) in [7, 11) is 1.86. The quantitative estimate of drug-likeness (QED) is 0.857. The second kappa shape index (κ2) is 5.31. The molecule has 0 aliphatic carbocycles. The largest absolute Gasteiger partial charge is 0.492 e. The first kappa shape index (κ1) is 12.1. The summed E-state index contributed by atoms with van der Waals surface area (Å²) in [4.78, 5) is 14.4. The lowest BCUT2D eigenvalue weighted by molar-refractivity contribution is 0.0690. The van der Waals surface area contributed by atoms with Gasteiger partial charge in [-0.3, -0.25) is 4.68 Å². The molecule has 0 amide bonds. The van der Waals surface area contributed by atoms with Crippen LogP contribution in [-0.4, -0.2) is 32.4 Å². The molecule has 2 heterocycles. The molecule has 0 unspecified atom stereocenters. The van der Waals surface area contributed by atoms with Crippen molar-refractivity contribution in [2.45, 2.75) is 6.42 Å². The number of aromatic carboxylic acids is 1. The Hall–Kier alpha value is -2.37. The lowest BCUT2D eigenvalue weighted by Gasteiger charge is -2.04. The van der Waals surface area contributed by atoms with Crippen molar-refractivity contribution in [1.82, 2.24) is 14.8 Å². The number of aromatic nitrogens is 3. The molecule has 0 fully saturated rings. The first-order valence-corrected chi connectivity index (χ1v) is 5.45. The van der Waals surface area contributed by atoms with Gasteiger partial charge in [0.15, 0.2) is 0 Å². The summed E-state index contributed by atoms with van der Waals surface area (Å²) in [5.41, 5.74) is 1.10. The monoisotopic (exact) mass is 247 g/mol. The predicted molar refractivity (Wildman–Crippen MR) is 63.6 cm³/mol. The number of hydrogen-bond acceptors (Lipinski definition) is 4. The molecule has 2 rings (SSSR count). The van der Waals surface area contributed by atoms with E-state index in [1.165, 1.54) is 12.3 Å². The highest BCUT2D eigenvalue weighted by Crippen LogP contribution is 2.10. The Labute approximate surface area is 104 Å². The molecule has 0 aliphatic rings. The van der Waals surface area contributed by atoms with Crippen LogP contribution in [0.5, 0.6) is 5.75 Å². The molecule has 94 valence electrons. The van der Waals surface area contributed by atoms with Crippen LogP contribution in [-0.2, 0) is 13.5 Å². The van der Waals surface area contributed by atoms with Crippen molar-refractivity contribution in [3.05, 3.63) is 42.0 Å². The molecule has 18 heavy (non-hydrogen) atoms. The van der Waals surface area contributed by atoms with Gasteiger partial charge in [-0.2, -0.15) is 5.10 Å². The number of carboxylic acids is 1. The van der Waals surface area contributed by atoms with E-state index in [9.17, 15) is 4.79 Å². The zero-order valence-corrected chi connectivity index (χ0v) is 9.91. The fourth-order valence-corrected chi connectivity index (χ4v) is 1.48. The van der Waals surface area contributed by atoms with Crippen molar-refractivity contribution in [3.8, 4) is 5.75 Å². The van der Waals surface area contributed by atoms with E-state index in [4.69, 9.17) is 9.84 Å². The molecule has 0 saturated carbocycles.